The Morgan fingerprint density at radius 1 is 1.07 bits per heavy atom. The number of non-ortho nitro benzene ring substituents is 2. The van der Waals surface area contributed by atoms with Gasteiger partial charge in [-0.1, -0.05) is 0 Å². The molecule has 8 nitrogen and oxygen atoms in total. The van der Waals surface area contributed by atoms with Gasteiger partial charge < -0.3 is 5.32 Å². The van der Waals surface area contributed by atoms with Gasteiger partial charge in [0.2, 0.25) is 0 Å². The van der Waals surface area contributed by atoms with Gasteiger partial charge in [0.05, 0.1) is 21.6 Å². The molecule has 8 heteroatoms. The van der Waals surface area contributed by atoms with E-state index in [-0.39, 0.29) is 5.69 Å². The second-order valence-corrected chi connectivity index (χ2v) is 2.48. The highest BCUT2D eigenvalue weighted by Crippen LogP contribution is 2.25. The third kappa shape index (κ3) is 2.46. The Morgan fingerprint density at radius 2 is 1.53 bits per heavy atom. The average molecular weight is 210 g/mol. The molecular formula is C7H4N3O5. The second kappa shape index (κ2) is 4.13. The van der Waals surface area contributed by atoms with Crippen molar-refractivity contribution in [1.29, 1.82) is 0 Å². The van der Waals surface area contributed by atoms with Crippen molar-refractivity contribution in [3.05, 3.63) is 38.4 Å². The van der Waals surface area contributed by atoms with Gasteiger partial charge in [-0.25, -0.2) is 0 Å². The molecule has 1 rings (SSSR count). The number of nitro benzene ring substituents is 2. The van der Waals surface area contributed by atoms with Crippen molar-refractivity contribution in [3.8, 4) is 0 Å². The molecule has 0 bridgehead atoms. The molecule has 1 aromatic rings. The smallest absolute Gasteiger partial charge is 0.314 e. The van der Waals surface area contributed by atoms with E-state index in [1.54, 1.807) is 0 Å². The van der Waals surface area contributed by atoms with Crippen LogP contribution in [-0.2, 0) is 4.79 Å². The molecule has 1 amide bonds. The van der Waals surface area contributed by atoms with E-state index < -0.39 is 21.2 Å². The Bertz CT molecular complexity index is 398. The van der Waals surface area contributed by atoms with Gasteiger partial charge in [-0.2, -0.15) is 0 Å². The lowest BCUT2D eigenvalue weighted by molar-refractivity contribution is -0.394. The number of carbonyl (C=O) groups excluding carboxylic acids is 1. The number of hydrogen-bond acceptors (Lipinski definition) is 5. The molecule has 77 valence electrons. The average Bonchev–Trinajstić information content (AvgIpc) is 2.17. The minimum absolute atomic E-state index is 0.0501. The zero-order valence-electron chi connectivity index (χ0n) is 7.17. The summed E-state index contributed by atoms with van der Waals surface area (Å²) >= 11 is 0. The number of rotatable bonds is 4. The van der Waals surface area contributed by atoms with E-state index in [1.807, 2.05) is 5.32 Å². The maximum atomic E-state index is 10.4. The van der Waals surface area contributed by atoms with Crippen LogP contribution in [0.1, 0.15) is 0 Å². The van der Waals surface area contributed by atoms with E-state index in [1.165, 1.54) is 6.41 Å². The molecule has 15 heavy (non-hydrogen) atoms. The summed E-state index contributed by atoms with van der Waals surface area (Å²) in [5.74, 6) is 0. The molecule has 0 aliphatic heterocycles. The molecule has 0 atom stereocenters. The summed E-state index contributed by atoms with van der Waals surface area (Å²) in [6.45, 7) is 0. The van der Waals surface area contributed by atoms with Crippen LogP contribution in [0.2, 0.25) is 0 Å². The summed E-state index contributed by atoms with van der Waals surface area (Å²) < 4.78 is 0. The fourth-order valence-electron chi connectivity index (χ4n) is 0.937. The molecule has 0 saturated heterocycles. The highest BCUT2D eigenvalue weighted by Gasteiger charge is 2.15. The predicted octanol–water partition coefficient (Wildman–Crippen LogP) is 0.982. The van der Waals surface area contributed by atoms with Crippen LogP contribution >= 0.6 is 0 Å². The first-order valence-corrected chi connectivity index (χ1v) is 3.61. The van der Waals surface area contributed by atoms with Crippen molar-refractivity contribution in [1.82, 2.24) is 0 Å². The summed E-state index contributed by atoms with van der Waals surface area (Å²) in [4.78, 5) is 29.2. The Labute approximate surface area is 82.8 Å². The molecule has 0 heterocycles. The minimum Gasteiger partial charge on any atom is -0.317 e. The molecule has 0 aliphatic carbocycles. The molecule has 1 radical (unpaired) electrons. The van der Waals surface area contributed by atoms with Crippen molar-refractivity contribution >= 4 is 23.5 Å². The Kier molecular flexibility index (Phi) is 2.91. The summed E-state index contributed by atoms with van der Waals surface area (Å²) in [6, 6.07) is 2.80. The van der Waals surface area contributed by atoms with Crippen LogP contribution < -0.4 is 5.32 Å². The quantitative estimate of drug-likeness (QED) is 0.451. The number of hydrogen-bond donors (Lipinski definition) is 1. The lowest BCUT2D eigenvalue weighted by atomic mass is 10.2. The van der Waals surface area contributed by atoms with Crippen molar-refractivity contribution in [2.24, 2.45) is 0 Å². The maximum absolute atomic E-state index is 10.4. The SMILES string of the molecule is O=[C]Nc1cc([N+](=O)[O-])cc([N+](=O)[O-])c1. The number of nitrogens with one attached hydrogen (secondary N) is 1. The van der Waals surface area contributed by atoms with Crippen LogP contribution in [0.5, 0.6) is 0 Å². The Hall–Kier alpha value is -2.51. The summed E-state index contributed by atoms with van der Waals surface area (Å²) in [5, 5.41) is 22.8. The van der Waals surface area contributed by atoms with E-state index in [2.05, 4.69) is 0 Å². The predicted molar refractivity (Wildman–Crippen MR) is 49.1 cm³/mol. The van der Waals surface area contributed by atoms with Crippen LogP contribution in [0.25, 0.3) is 0 Å². The first-order valence-electron chi connectivity index (χ1n) is 3.61. The van der Waals surface area contributed by atoms with Gasteiger partial charge in [0, 0.05) is 12.1 Å². The van der Waals surface area contributed by atoms with Crippen LogP contribution in [0, 0.1) is 20.2 Å². The lowest BCUT2D eigenvalue weighted by Gasteiger charge is -1.98. The summed E-state index contributed by atoms with van der Waals surface area (Å²) in [7, 11) is 0. The fraction of sp³-hybridized carbons (Fsp3) is 0. The van der Waals surface area contributed by atoms with Crippen molar-refractivity contribution in [2.75, 3.05) is 5.32 Å². The highest BCUT2D eigenvalue weighted by atomic mass is 16.6. The van der Waals surface area contributed by atoms with E-state index >= 15 is 0 Å². The van der Waals surface area contributed by atoms with E-state index in [4.69, 9.17) is 0 Å². The van der Waals surface area contributed by atoms with Gasteiger partial charge in [-0.15, -0.1) is 0 Å². The largest absolute Gasteiger partial charge is 0.317 e. The van der Waals surface area contributed by atoms with Crippen LogP contribution in [0.3, 0.4) is 0 Å². The van der Waals surface area contributed by atoms with Gasteiger partial charge in [-0.3, -0.25) is 25.0 Å². The van der Waals surface area contributed by atoms with Gasteiger partial charge in [0.15, 0.2) is 0 Å². The monoisotopic (exact) mass is 210 g/mol. The van der Waals surface area contributed by atoms with Gasteiger partial charge >= 0.3 is 6.41 Å². The number of nitro groups is 2. The number of benzene rings is 1. The van der Waals surface area contributed by atoms with Crippen molar-refractivity contribution in [2.45, 2.75) is 0 Å². The first-order chi connectivity index (χ1) is 7.04. The summed E-state index contributed by atoms with van der Waals surface area (Å²) in [6.07, 6.45) is 1.27. The molecule has 0 unspecified atom stereocenters. The molecule has 1 N–H and O–H groups in total. The third-order valence-corrected chi connectivity index (χ3v) is 1.52. The Balaban J connectivity index is 3.25. The van der Waals surface area contributed by atoms with Crippen LogP contribution in [0.4, 0.5) is 17.1 Å². The lowest BCUT2D eigenvalue weighted by Crippen LogP contribution is -1.98. The van der Waals surface area contributed by atoms with Gasteiger partial charge in [-0.05, 0) is 0 Å². The molecular weight excluding hydrogens is 206 g/mol. The molecule has 0 saturated carbocycles. The third-order valence-electron chi connectivity index (χ3n) is 1.52. The molecule has 0 aromatic heterocycles. The number of anilines is 1. The molecule has 0 aliphatic rings. The van der Waals surface area contributed by atoms with Gasteiger partial charge in [0.25, 0.3) is 11.4 Å². The number of nitrogens with zero attached hydrogens (tertiary/aromatic N) is 2. The van der Waals surface area contributed by atoms with Gasteiger partial charge in [0.1, 0.15) is 0 Å². The van der Waals surface area contributed by atoms with E-state index in [9.17, 15) is 25.0 Å². The van der Waals surface area contributed by atoms with Crippen molar-refractivity contribution in [3.63, 3.8) is 0 Å². The van der Waals surface area contributed by atoms with E-state index in [0.717, 1.165) is 18.2 Å². The second-order valence-electron chi connectivity index (χ2n) is 2.48. The van der Waals surface area contributed by atoms with Crippen molar-refractivity contribution < 1.29 is 14.6 Å². The molecule has 0 spiro atoms. The molecule has 1 aromatic carbocycles. The highest BCUT2D eigenvalue weighted by molar-refractivity contribution is 5.74. The fourth-order valence-corrected chi connectivity index (χ4v) is 0.937. The Morgan fingerprint density at radius 3 is 1.87 bits per heavy atom. The maximum Gasteiger partial charge on any atom is 0.314 e. The topological polar surface area (TPSA) is 115 Å². The zero-order valence-corrected chi connectivity index (χ0v) is 7.17. The molecule has 0 fully saturated rings. The van der Waals surface area contributed by atoms with E-state index in [0.29, 0.717) is 0 Å². The standard InChI is InChI=1S/C7H4N3O5/c11-4-8-5-1-6(9(12)13)3-7(2-5)10(14)15/h1-3H,(H,8,11). The minimum atomic E-state index is -0.789. The van der Waals surface area contributed by atoms with Crippen LogP contribution in [0.15, 0.2) is 18.2 Å². The normalized spacial score (nSPS) is 9.33. The van der Waals surface area contributed by atoms with Crippen LogP contribution in [-0.4, -0.2) is 16.3 Å². The summed E-state index contributed by atoms with van der Waals surface area (Å²) in [5.41, 5.74) is -0.991. The number of amides is 1. The zero-order chi connectivity index (χ0) is 11.4. The first kappa shape index (κ1) is 10.6.